The van der Waals surface area contributed by atoms with Gasteiger partial charge in [-0.1, -0.05) is 6.07 Å². The van der Waals surface area contributed by atoms with Gasteiger partial charge in [-0.15, -0.1) is 0 Å². The summed E-state index contributed by atoms with van der Waals surface area (Å²) in [5, 5.41) is 6.28. The fraction of sp³-hybridized carbons (Fsp3) is 0.471. The Morgan fingerprint density at radius 1 is 1.21 bits per heavy atom. The Bertz CT molecular complexity index is 809. The first kappa shape index (κ1) is 22.1. The van der Waals surface area contributed by atoms with Gasteiger partial charge in [-0.05, 0) is 32.4 Å². The van der Waals surface area contributed by atoms with Crippen molar-refractivity contribution in [1.82, 2.24) is 25.1 Å². The fourth-order valence-corrected chi connectivity index (χ4v) is 2.22. The number of halogens is 3. The molecular formula is C17H20F3N5O4. The number of amides is 1. The third kappa shape index (κ3) is 6.73. The zero-order valence-corrected chi connectivity index (χ0v) is 15.9. The smallest absolute Gasteiger partial charge is 0.433 e. The summed E-state index contributed by atoms with van der Waals surface area (Å²) in [5.74, 6) is -0.769. The van der Waals surface area contributed by atoms with Gasteiger partial charge in [0, 0.05) is 6.20 Å². The number of carbonyl (C=O) groups excluding carboxylic acids is 2. The summed E-state index contributed by atoms with van der Waals surface area (Å²) >= 11 is 0. The Labute approximate surface area is 164 Å². The van der Waals surface area contributed by atoms with Gasteiger partial charge < -0.3 is 14.8 Å². The van der Waals surface area contributed by atoms with E-state index in [0.29, 0.717) is 5.56 Å². The number of rotatable bonds is 7. The predicted molar refractivity (Wildman–Crippen MR) is 92.3 cm³/mol. The van der Waals surface area contributed by atoms with Crippen LogP contribution in [0.15, 0.2) is 31.0 Å². The maximum Gasteiger partial charge on any atom is 0.433 e. The maximum atomic E-state index is 12.6. The molecule has 12 heteroatoms. The van der Waals surface area contributed by atoms with Crippen molar-refractivity contribution < 1.29 is 32.2 Å². The van der Waals surface area contributed by atoms with E-state index in [2.05, 4.69) is 20.4 Å². The highest BCUT2D eigenvalue weighted by atomic mass is 19.4. The first-order chi connectivity index (χ1) is 13.6. The van der Waals surface area contributed by atoms with Gasteiger partial charge in [-0.2, -0.15) is 18.3 Å². The van der Waals surface area contributed by atoms with E-state index < -0.39 is 42.2 Å². The summed E-state index contributed by atoms with van der Waals surface area (Å²) in [4.78, 5) is 31.5. The zero-order chi connectivity index (χ0) is 21.6. The highest BCUT2D eigenvalue weighted by Gasteiger charge is 2.32. The molecule has 0 radical (unpaired) electrons. The molecule has 0 aliphatic carbocycles. The second kappa shape index (κ2) is 9.34. The van der Waals surface area contributed by atoms with Crippen molar-refractivity contribution in [2.24, 2.45) is 0 Å². The standard InChI is InChI=1S/C17H20F3N5O4/c1-10(2)28-15(26)13(7-25-9-21-8-23-25)29-16(27)24-11(3)12-4-5-14(22-6-12)17(18,19)20/h4-6,8-11,13H,7H2,1-3H3,(H,24,27). The van der Waals surface area contributed by atoms with Crippen LogP contribution < -0.4 is 5.32 Å². The van der Waals surface area contributed by atoms with Crippen LogP contribution >= 0.6 is 0 Å². The van der Waals surface area contributed by atoms with Gasteiger partial charge in [-0.25, -0.2) is 19.3 Å². The van der Waals surface area contributed by atoms with Crippen LogP contribution in [0.5, 0.6) is 0 Å². The fourth-order valence-electron chi connectivity index (χ4n) is 2.22. The summed E-state index contributed by atoms with van der Waals surface area (Å²) in [5.41, 5.74) is -0.715. The van der Waals surface area contributed by atoms with Crippen LogP contribution in [0, 0.1) is 0 Å². The molecule has 0 aliphatic heterocycles. The number of alkyl halides is 3. The minimum absolute atomic E-state index is 0.116. The summed E-state index contributed by atoms with van der Waals surface area (Å²) in [6, 6.07) is 1.29. The van der Waals surface area contributed by atoms with E-state index >= 15 is 0 Å². The average molecular weight is 415 g/mol. The Morgan fingerprint density at radius 3 is 2.45 bits per heavy atom. The molecule has 2 heterocycles. The SMILES string of the molecule is CC(C)OC(=O)C(Cn1cncn1)OC(=O)NC(C)c1ccc(C(F)(F)F)nc1. The molecule has 2 aromatic heterocycles. The van der Waals surface area contributed by atoms with Crippen LogP contribution in [-0.2, 0) is 27.0 Å². The number of hydrogen-bond donors (Lipinski definition) is 1. The molecule has 2 atom stereocenters. The number of esters is 1. The maximum absolute atomic E-state index is 12.6. The topological polar surface area (TPSA) is 108 Å². The van der Waals surface area contributed by atoms with Crippen molar-refractivity contribution in [1.29, 1.82) is 0 Å². The van der Waals surface area contributed by atoms with Crippen molar-refractivity contribution in [3.8, 4) is 0 Å². The number of aromatic nitrogens is 4. The molecule has 1 N–H and O–H groups in total. The van der Waals surface area contributed by atoms with Crippen LogP contribution in [0.2, 0.25) is 0 Å². The number of nitrogens with zero attached hydrogens (tertiary/aromatic N) is 4. The van der Waals surface area contributed by atoms with Crippen molar-refractivity contribution in [2.45, 2.75) is 51.7 Å². The molecule has 2 aromatic rings. The van der Waals surface area contributed by atoms with E-state index in [-0.39, 0.29) is 6.54 Å². The molecule has 1 amide bonds. The molecule has 158 valence electrons. The molecule has 2 rings (SSSR count). The summed E-state index contributed by atoms with van der Waals surface area (Å²) in [7, 11) is 0. The second-order valence-electron chi connectivity index (χ2n) is 6.34. The Hall–Kier alpha value is -3.18. The molecule has 2 unspecified atom stereocenters. The van der Waals surface area contributed by atoms with Crippen molar-refractivity contribution in [2.75, 3.05) is 0 Å². The quantitative estimate of drug-likeness (QED) is 0.692. The molecule has 0 bridgehead atoms. The Kier molecular flexibility index (Phi) is 7.13. The van der Waals surface area contributed by atoms with Gasteiger partial charge in [0.2, 0.25) is 6.10 Å². The van der Waals surface area contributed by atoms with E-state index in [9.17, 15) is 22.8 Å². The Balaban J connectivity index is 2.01. The number of carbonyl (C=O) groups is 2. The third-order valence-electron chi connectivity index (χ3n) is 3.59. The summed E-state index contributed by atoms with van der Waals surface area (Å²) in [6.07, 6.45) is -3.63. The van der Waals surface area contributed by atoms with Crippen molar-refractivity contribution >= 4 is 12.1 Å². The number of pyridine rings is 1. The number of nitrogens with one attached hydrogen (secondary N) is 1. The molecule has 29 heavy (non-hydrogen) atoms. The van der Waals surface area contributed by atoms with Crippen molar-refractivity contribution in [3.63, 3.8) is 0 Å². The minimum atomic E-state index is -4.56. The molecule has 0 spiro atoms. The molecule has 0 fully saturated rings. The molecule has 0 aromatic carbocycles. The molecule has 0 aliphatic rings. The average Bonchev–Trinajstić information content (AvgIpc) is 3.13. The van der Waals surface area contributed by atoms with E-state index in [1.165, 1.54) is 30.3 Å². The predicted octanol–water partition coefficient (Wildman–Crippen LogP) is 2.50. The van der Waals surface area contributed by atoms with Gasteiger partial charge in [0.1, 0.15) is 18.3 Å². The zero-order valence-electron chi connectivity index (χ0n) is 15.9. The normalized spacial score (nSPS) is 13.6. The molecule has 0 saturated heterocycles. The molecule has 9 nitrogen and oxygen atoms in total. The third-order valence-corrected chi connectivity index (χ3v) is 3.59. The van der Waals surface area contributed by atoms with E-state index in [1.807, 2.05) is 0 Å². The van der Waals surface area contributed by atoms with Crippen LogP contribution in [0.4, 0.5) is 18.0 Å². The van der Waals surface area contributed by atoms with Gasteiger partial charge in [-0.3, -0.25) is 4.98 Å². The van der Waals surface area contributed by atoms with Gasteiger partial charge in [0.15, 0.2) is 0 Å². The van der Waals surface area contributed by atoms with E-state index in [4.69, 9.17) is 9.47 Å². The highest BCUT2D eigenvalue weighted by Crippen LogP contribution is 2.27. The lowest BCUT2D eigenvalue weighted by Crippen LogP contribution is -2.39. The lowest BCUT2D eigenvalue weighted by atomic mass is 10.1. The second-order valence-corrected chi connectivity index (χ2v) is 6.34. The van der Waals surface area contributed by atoms with E-state index in [1.54, 1.807) is 13.8 Å². The van der Waals surface area contributed by atoms with Crippen LogP contribution in [0.1, 0.15) is 38.1 Å². The van der Waals surface area contributed by atoms with Gasteiger partial charge in [0.05, 0.1) is 18.7 Å². The number of ether oxygens (including phenoxy) is 2. The number of alkyl carbamates (subject to hydrolysis) is 1. The molecule has 0 saturated carbocycles. The van der Waals surface area contributed by atoms with E-state index in [0.717, 1.165) is 12.3 Å². The molecular weight excluding hydrogens is 395 g/mol. The largest absolute Gasteiger partial charge is 0.460 e. The van der Waals surface area contributed by atoms with Crippen LogP contribution in [0.3, 0.4) is 0 Å². The van der Waals surface area contributed by atoms with Crippen molar-refractivity contribution in [3.05, 3.63) is 42.2 Å². The first-order valence-corrected chi connectivity index (χ1v) is 8.59. The lowest BCUT2D eigenvalue weighted by molar-refractivity contribution is -0.158. The Morgan fingerprint density at radius 2 is 1.93 bits per heavy atom. The summed E-state index contributed by atoms with van der Waals surface area (Å²) < 4.78 is 49.3. The monoisotopic (exact) mass is 415 g/mol. The van der Waals surface area contributed by atoms with Crippen LogP contribution in [0.25, 0.3) is 0 Å². The lowest BCUT2D eigenvalue weighted by Gasteiger charge is -2.20. The first-order valence-electron chi connectivity index (χ1n) is 8.59. The summed E-state index contributed by atoms with van der Waals surface area (Å²) in [6.45, 7) is 4.70. The minimum Gasteiger partial charge on any atom is -0.460 e. The van der Waals surface area contributed by atoms with Gasteiger partial charge in [0.25, 0.3) is 0 Å². The van der Waals surface area contributed by atoms with Gasteiger partial charge >= 0.3 is 18.2 Å². The number of hydrogen-bond acceptors (Lipinski definition) is 7. The van der Waals surface area contributed by atoms with Crippen LogP contribution in [-0.4, -0.2) is 44.0 Å². The highest BCUT2D eigenvalue weighted by molar-refractivity contribution is 5.79.